The first-order valence-electron chi connectivity index (χ1n) is 7.26. The van der Waals surface area contributed by atoms with Crippen molar-refractivity contribution in [2.45, 2.75) is 26.8 Å². The van der Waals surface area contributed by atoms with Gasteiger partial charge in [0.15, 0.2) is 5.78 Å². The zero-order valence-corrected chi connectivity index (χ0v) is 13.0. The van der Waals surface area contributed by atoms with Crippen molar-refractivity contribution in [2.75, 3.05) is 33.3 Å². The molecule has 0 saturated heterocycles. The van der Waals surface area contributed by atoms with E-state index in [1.807, 2.05) is 31.2 Å². The topological polar surface area (TPSA) is 41.6 Å². The summed E-state index contributed by atoms with van der Waals surface area (Å²) in [6, 6.07) is 7.15. The highest BCUT2D eigenvalue weighted by Crippen LogP contribution is 2.18. The molecule has 0 aliphatic carbocycles. The van der Waals surface area contributed by atoms with E-state index in [1.54, 1.807) is 7.11 Å². The fourth-order valence-electron chi connectivity index (χ4n) is 2.15. The van der Waals surface area contributed by atoms with E-state index in [4.69, 9.17) is 4.74 Å². The Morgan fingerprint density at radius 2 is 1.95 bits per heavy atom. The lowest BCUT2D eigenvalue weighted by Gasteiger charge is -2.20. The van der Waals surface area contributed by atoms with E-state index in [-0.39, 0.29) is 11.8 Å². The van der Waals surface area contributed by atoms with Gasteiger partial charge in [0.05, 0.1) is 18.7 Å². The average molecular weight is 278 g/mol. The number of nitrogens with one attached hydrogen (secondary N) is 1. The summed E-state index contributed by atoms with van der Waals surface area (Å²) in [6.07, 6.45) is 0. The van der Waals surface area contributed by atoms with E-state index in [0.29, 0.717) is 11.3 Å². The molecule has 4 nitrogen and oxygen atoms in total. The molecule has 0 radical (unpaired) electrons. The molecule has 1 atom stereocenters. The summed E-state index contributed by atoms with van der Waals surface area (Å²) in [6.45, 7) is 10.0. The predicted molar refractivity (Wildman–Crippen MR) is 82.6 cm³/mol. The van der Waals surface area contributed by atoms with Crippen molar-refractivity contribution in [3.63, 3.8) is 0 Å². The number of para-hydroxylation sites is 1. The molecule has 0 spiro atoms. The second-order valence-corrected chi connectivity index (χ2v) is 4.77. The average Bonchev–Trinajstić information content (AvgIpc) is 2.50. The van der Waals surface area contributed by atoms with Crippen LogP contribution in [-0.2, 0) is 0 Å². The minimum absolute atomic E-state index is 0.0713. The first kappa shape index (κ1) is 16.7. The van der Waals surface area contributed by atoms with Gasteiger partial charge in [-0.25, -0.2) is 0 Å². The first-order valence-corrected chi connectivity index (χ1v) is 7.26. The fraction of sp³-hybridized carbons (Fsp3) is 0.562. The minimum Gasteiger partial charge on any atom is -0.496 e. The Labute approximate surface area is 122 Å². The van der Waals surface area contributed by atoms with E-state index in [2.05, 4.69) is 24.1 Å². The van der Waals surface area contributed by atoms with Crippen LogP contribution in [-0.4, -0.2) is 50.0 Å². The number of nitrogens with zero attached hydrogens (tertiary/aromatic N) is 1. The van der Waals surface area contributed by atoms with Gasteiger partial charge in [0.2, 0.25) is 0 Å². The van der Waals surface area contributed by atoms with Gasteiger partial charge in [0, 0.05) is 13.1 Å². The summed E-state index contributed by atoms with van der Waals surface area (Å²) in [5, 5.41) is 3.28. The molecule has 1 N–H and O–H groups in total. The van der Waals surface area contributed by atoms with Crippen LogP contribution >= 0.6 is 0 Å². The number of ketones is 1. The zero-order valence-electron chi connectivity index (χ0n) is 13.0. The molecule has 1 aromatic carbocycles. The van der Waals surface area contributed by atoms with Crippen molar-refractivity contribution in [1.82, 2.24) is 10.2 Å². The number of Topliss-reactive ketones (excluding diaryl/α,β-unsaturated/α-hetero) is 1. The van der Waals surface area contributed by atoms with Gasteiger partial charge >= 0.3 is 0 Å². The fourth-order valence-corrected chi connectivity index (χ4v) is 2.15. The molecule has 0 fully saturated rings. The number of benzene rings is 1. The minimum atomic E-state index is -0.207. The van der Waals surface area contributed by atoms with Crippen LogP contribution in [0.3, 0.4) is 0 Å². The maximum atomic E-state index is 12.4. The van der Waals surface area contributed by atoms with Crippen LogP contribution in [0.15, 0.2) is 24.3 Å². The van der Waals surface area contributed by atoms with Crippen LogP contribution in [0, 0.1) is 0 Å². The summed E-state index contributed by atoms with van der Waals surface area (Å²) in [7, 11) is 1.59. The van der Waals surface area contributed by atoms with Crippen molar-refractivity contribution in [3.8, 4) is 5.75 Å². The van der Waals surface area contributed by atoms with Gasteiger partial charge in [-0.15, -0.1) is 0 Å². The lowest BCUT2D eigenvalue weighted by atomic mass is 10.0. The van der Waals surface area contributed by atoms with Gasteiger partial charge in [0.25, 0.3) is 0 Å². The lowest BCUT2D eigenvalue weighted by molar-refractivity contribution is 0.0946. The Morgan fingerprint density at radius 3 is 2.55 bits per heavy atom. The SMILES string of the molecule is CCN(CC)CCNC(C)C(=O)c1ccccc1OC. The van der Waals surface area contributed by atoms with Crippen LogP contribution in [0.2, 0.25) is 0 Å². The molecule has 0 saturated carbocycles. The smallest absolute Gasteiger partial charge is 0.183 e. The highest BCUT2D eigenvalue weighted by molar-refractivity contribution is 6.02. The number of rotatable bonds is 9. The third kappa shape index (κ3) is 4.62. The van der Waals surface area contributed by atoms with Gasteiger partial charge in [-0.05, 0) is 32.1 Å². The van der Waals surface area contributed by atoms with Crippen molar-refractivity contribution in [1.29, 1.82) is 0 Å². The zero-order chi connectivity index (χ0) is 15.0. The number of hydrogen-bond acceptors (Lipinski definition) is 4. The molecule has 1 unspecified atom stereocenters. The van der Waals surface area contributed by atoms with Crippen LogP contribution in [0.1, 0.15) is 31.1 Å². The second kappa shape index (κ2) is 8.72. The van der Waals surface area contributed by atoms with Crippen LogP contribution in [0.5, 0.6) is 5.75 Å². The molecule has 0 aromatic heterocycles. The normalized spacial score (nSPS) is 12.4. The molecule has 0 amide bonds. The lowest BCUT2D eigenvalue weighted by Crippen LogP contribution is -2.39. The standard InChI is InChI=1S/C16H26N2O2/c1-5-18(6-2)12-11-17-13(3)16(19)14-9-7-8-10-15(14)20-4/h7-10,13,17H,5-6,11-12H2,1-4H3. The Balaban J connectivity index is 2.54. The summed E-state index contributed by atoms with van der Waals surface area (Å²) >= 11 is 0. The van der Waals surface area contributed by atoms with Crippen LogP contribution in [0.4, 0.5) is 0 Å². The molecule has 4 heteroatoms. The highest BCUT2D eigenvalue weighted by atomic mass is 16.5. The third-order valence-corrected chi connectivity index (χ3v) is 3.54. The number of carbonyl (C=O) groups is 1. The Kier molecular flexibility index (Phi) is 7.26. The molecule has 1 aromatic rings. The van der Waals surface area contributed by atoms with Gasteiger partial charge < -0.3 is 15.0 Å². The number of ether oxygens (including phenoxy) is 1. The van der Waals surface area contributed by atoms with Crippen molar-refractivity contribution >= 4 is 5.78 Å². The van der Waals surface area contributed by atoms with Crippen molar-refractivity contribution < 1.29 is 9.53 Å². The Morgan fingerprint density at radius 1 is 1.30 bits per heavy atom. The predicted octanol–water partition coefficient (Wildman–Crippen LogP) is 2.20. The van der Waals surface area contributed by atoms with Crippen LogP contribution in [0.25, 0.3) is 0 Å². The van der Waals surface area contributed by atoms with Gasteiger partial charge in [-0.3, -0.25) is 4.79 Å². The largest absolute Gasteiger partial charge is 0.496 e. The van der Waals surface area contributed by atoms with Crippen LogP contribution < -0.4 is 10.1 Å². The molecule has 0 aliphatic rings. The highest BCUT2D eigenvalue weighted by Gasteiger charge is 2.18. The monoisotopic (exact) mass is 278 g/mol. The molecule has 0 heterocycles. The van der Waals surface area contributed by atoms with E-state index in [0.717, 1.165) is 26.2 Å². The van der Waals surface area contributed by atoms with Crippen molar-refractivity contribution in [2.24, 2.45) is 0 Å². The van der Waals surface area contributed by atoms with E-state index >= 15 is 0 Å². The Bertz CT molecular complexity index is 417. The van der Waals surface area contributed by atoms with E-state index < -0.39 is 0 Å². The number of likely N-dealkylation sites (N-methyl/N-ethyl adjacent to an activating group) is 1. The molecule has 1 rings (SSSR count). The maximum Gasteiger partial charge on any atom is 0.183 e. The maximum absolute atomic E-state index is 12.4. The summed E-state index contributed by atoms with van der Waals surface area (Å²) in [5.74, 6) is 0.705. The quantitative estimate of drug-likeness (QED) is 0.703. The molecule has 20 heavy (non-hydrogen) atoms. The van der Waals surface area contributed by atoms with E-state index in [9.17, 15) is 4.79 Å². The third-order valence-electron chi connectivity index (χ3n) is 3.54. The Hall–Kier alpha value is -1.39. The van der Waals surface area contributed by atoms with E-state index in [1.165, 1.54) is 0 Å². The number of hydrogen-bond donors (Lipinski definition) is 1. The summed E-state index contributed by atoms with van der Waals surface area (Å²) in [4.78, 5) is 14.7. The van der Waals surface area contributed by atoms with Gasteiger partial charge in [-0.2, -0.15) is 0 Å². The molecular weight excluding hydrogens is 252 g/mol. The molecule has 112 valence electrons. The van der Waals surface area contributed by atoms with Gasteiger partial charge in [0.1, 0.15) is 5.75 Å². The first-order chi connectivity index (χ1) is 9.63. The second-order valence-electron chi connectivity index (χ2n) is 4.77. The summed E-state index contributed by atoms with van der Waals surface area (Å²) < 4.78 is 5.24. The molecular formula is C16H26N2O2. The molecule has 0 aliphatic heterocycles. The number of carbonyl (C=O) groups excluding carboxylic acids is 1. The summed E-state index contributed by atoms with van der Waals surface area (Å²) in [5.41, 5.74) is 0.637. The van der Waals surface area contributed by atoms with Crippen molar-refractivity contribution in [3.05, 3.63) is 29.8 Å². The molecule has 0 bridgehead atoms. The van der Waals surface area contributed by atoms with Gasteiger partial charge in [-0.1, -0.05) is 26.0 Å². The number of methoxy groups -OCH3 is 1.